The topological polar surface area (TPSA) is 70.2 Å². The summed E-state index contributed by atoms with van der Waals surface area (Å²) in [6.07, 6.45) is 0.841. The van der Waals surface area contributed by atoms with Crippen LogP contribution in [0.15, 0.2) is 24.3 Å². The van der Waals surface area contributed by atoms with Crippen molar-refractivity contribution in [1.82, 2.24) is 10.6 Å². The molecule has 0 bridgehead atoms. The molecule has 0 aliphatic carbocycles. The zero-order chi connectivity index (χ0) is 13.4. The number of carbonyl (C=O) groups excluding carboxylic acids is 2. The van der Waals surface area contributed by atoms with E-state index < -0.39 is 6.03 Å². The number of rotatable bonds is 5. The van der Waals surface area contributed by atoms with E-state index in [1.807, 2.05) is 6.92 Å². The van der Waals surface area contributed by atoms with Gasteiger partial charge in [-0.05, 0) is 30.7 Å². The zero-order valence-electron chi connectivity index (χ0n) is 10.1. The van der Waals surface area contributed by atoms with Gasteiger partial charge < -0.3 is 16.0 Å². The van der Waals surface area contributed by atoms with Crippen molar-refractivity contribution in [3.05, 3.63) is 30.1 Å². The van der Waals surface area contributed by atoms with Crippen molar-refractivity contribution in [3.8, 4) is 0 Å². The lowest BCUT2D eigenvalue weighted by molar-refractivity contribution is -0.120. The van der Waals surface area contributed by atoms with Crippen molar-refractivity contribution < 1.29 is 14.0 Å². The first-order valence-electron chi connectivity index (χ1n) is 5.69. The fraction of sp³-hybridized carbons (Fsp3) is 0.333. The molecule has 5 nitrogen and oxygen atoms in total. The Morgan fingerprint density at radius 3 is 2.44 bits per heavy atom. The lowest BCUT2D eigenvalue weighted by atomic mass is 10.3. The van der Waals surface area contributed by atoms with Gasteiger partial charge in [-0.2, -0.15) is 0 Å². The molecule has 1 rings (SSSR count). The molecule has 3 amide bonds. The Morgan fingerprint density at radius 2 is 1.83 bits per heavy atom. The van der Waals surface area contributed by atoms with Crippen molar-refractivity contribution in [3.63, 3.8) is 0 Å². The van der Waals surface area contributed by atoms with E-state index in [1.165, 1.54) is 24.3 Å². The fourth-order valence-corrected chi connectivity index (χ4v) is 1.20. The number of nitrogens with one attached hydrogen (secondary N) is 3. The average molecular weight is 253 g/mol. The van der Waals surface area contributed by atoms with Crippen molar-refractivity contribution in [2.75, 3.05) is 18.4 Å². The second-order valence-electron chi connectivity index (χ2n) is 3.66. The molecule has 1 aromatic rings. The van der Waals surface area contributed by atoms with E-state index in [0.29, 0.717) is 12.2 Å². The van der Waals surface area contributed by atoms with Gasteiger partial charge in [-0.25, -0.2) is 9.18 Å². The SMILES string of the molecule is CCCNC(=O)CNC(=O)Nc1ccc(F)cc1. The third kappa shape index (κ3) is 5.29. The molecule has 0 radical (unpaired) electrons. The second kappa shape index (κ2) is 7.26. The average Bonchev–Trinajstić information content (AvgIpc) is 2.36. The molecule has 0 unspecified atom stereocenters. The van der Waals surface area contributed by atoms with Gasteiger partial charge in [0.25, 0.3) is 0 Å². The summed E-state index contributed by atoms with van der Waals surface area (Å²) in [5.74, 6) is -0.619. The molecule has 0 aliphatic rings. The van der Waals surface area contributed by atoms with Crippen molar-refractivity contribution in [2.24, 2.45) is 0 Å². The van der Waals surface area contributed by atoms with Crippen LogP contribution in [0.2, 0.25) is 0 Å². The number of urea groups is 1. The first-order chi connectivity index (χ1) is 8.61. The molecule has 6 heteroatoms. The molecule has 0 atom stereocenters. The quantitative estimate of drug-likeness (QED) is 0.743. The summed E-state index contributed by atoms with van der Waals surface area (Å²) in [6, 6.07) is 4.85. The summed E-state index contributed by atoms with van der Waals surface area (Å²) in [5.41, 5.74) is 0.461. The summed E-state index contributed by atoms with van der Waals surface area (Å²) in [4.78, 5) is 22.6. The zero-order valence-corrected chi connectivity index (χ0v) is 10.1. The van der Waals surface area contributed by atoms with Crippen LogP contribution in [-0.2, 0) is 4.79 Å². The minimum atomic E-state index is -0.506. The van der Waals surface area contributed by atoms with Crippen LogP contribution in [0.25, 0.3) is 0 Å². The number of hydrogen-bond acceptors (Lipinski definition) is 2. The molecule has 1 aromatic carbocycles. The molecule has 0 saturated heterocycles. The van der Waals surface area contributed by atoms with Gasteiger partial charge in [0.2, 0.25) is 5.91 Å². The van der Waals surface area contributed by atoms with Crippen molar-refractivity contribution >= 4 is 17.6 Å². The first kappa shape index (κ1) is 14.0. The van der Waals surface area contributed by atoms with E-state index in [2.05, 4.69) is 16.0 Å². The molecular formula is C12H16FN3O2. The molecule has 0 fully saturated rings. The predicted octanol–water partition coefficient (Wildman–Crippen LogP) is 1.47. The molecule has 0 heterocycles. The van der Waals surface area contributed by atoms with E-state index in [9.17, 15) is 14.0 Å². The van der Waals surface area contributed by atoms with Crippen molar-refractivity contribution in [1.29, 1.82) is 0 Å². The van der Waals surface area contributed by atoms with E-state index in [1.54, 1.807) is 0 Å². The van der Waals surface area contributed by atoms with Crippen LogP contribution < -0.4 is 16.0 Å². The predicted molar refractivity (Wildman–Crippen MR) is 66.7 cm³/mol. The molecule has 0 spiro atoms. The molecule has 0 aromatic heterocycles. The van der Waals surface area contributed by atoms with Gasteiger partial charge in [0.15, 0.2) is 0 Å². The monoisotopic (exact) mass is 253 g/mol. The maximum atomic E-state index is 12.6. The van der Waals surface area contributed by atoms with Gasteiger partial charge in [-0.15, -0.1) is 0 Å². The summed E-state index contributed by atoms with van der Waals surface area (Å²) < 4.78 is 12.6. The smallest absolute Gasteiger partial charge is 0.319 e. The summed E-state index contributed by atoms with van der Waals surface area (Å²) in [7, 11) is 0. The Hall–Kier alpha value is -2.11. The highest BCUT2D eigenvalue weighted by Crippen LogP contribution is 2.07. The van der Waals surface area contributed by atoms with E-state index in [4.69, 9.17) is 0 Å². The normalized spacial score (nSPS) is 9.67. The number of halogens is 1. The molecule has 3 N–H and O–H groups in total. The van der Waals surface area contributed by atoms with E-state index in [-0.39, 0.29) is 18.3 Å². The number of benzene rings is 1. The van der Waals surface area contributed by atoms with Crippen LogP contribution in [0.1, 0.15) is 13.3 Å². The summed E-state index contributed by atoms with van der Waals surface area (Å²) >= 11 is 0. The second-order valence-corrected chi connectivity index (χ2v) is 3.66. The van der Waals surface area contributed by atoms with Gasteiger partial charge in [0, 0.05) is 12.2 Å². The van der Waals surface area contributed by atoms with Gasteiger partial charge >= 0.3 is 6.03 Å². The molecule has 98 valence electrons. The maximum absolute atomic E-state index is 12.6. The van der Waals surface area contributed by atoms with Crippen LogP contribution in [0.5, 0.6) is 0 Å². The number of carbonyl (C=O) groups is 2. The number of anilines is 1. The summed E-state index contributed by atoms with van der Waals surface area (Å²) in [5, 5.41) is 7.51. The standard InChI is InChI=1S/C12H16FN3O2/c1-2-7-14-11(17)8-15-12(18)16-10-5-3-9(13)4-6-10/h3-6H,2,7-8H2,1H3,(H,14,17)(H2,15,16,18). The van der Waals surface area contributed by atoms with E-state index in [0.717, 1.165) is 6.42 Å². The Bertz CT molecular complexity index is 406. The highest BCUT2D eigenvalue weighted by molar-refractivity contribution is 5.92. The maximum Gasteiger partial charge on any atom is 0.319 e. The fourth-order valence-electron chi connectivity index (χ4n) is 1.20. The lowest BCUT2D eigenvalue weighted by Crippen LogP contribution is -2.39. The third-order valence-electron chi connectivity index (χ3n) is 2.08. The Morgan fingerprint density at radius 1 is 1.17 bits per heavy atom. The molecule has 0 saturated carbocycles. The number of amides is 3. The van der Waals surface area contributed by atoms with Crippen LogP contribution >= 0.6 is 0 Å². The lowest BCUT2D eigenvalue weighted by Gasteiger charge is -2.07. The minimum absolute atomic E-state index is 0.0902. The first-order valence-corrected chi connectivity index (χ1v) is 5.69. The van der Waals surface area contributed by atoms with Crippen LogP contribution in [0.4, 0.5) is 14.9 Å². The largest absolute Gasteiger partial charge is 0.355 e. The molecular weight excluding hydrogens is 237 g/mol. The van der Waals surface area contributed by atoms with Crippen LogP contribution in [-0.4, -0.2) is 25.0 Å². The number of hydrogen-bond donors (Lipinski definition) is 3. The van der Waals surface area contributed by atoms with Gasteiger partial charge in [0.1, 0.15) is 5.82 Å². The minimum Gasteiger partial charge on any atom is -0.355 e. The van der Waals surface area contributed by atoms with Crippen molar-refractivity contribution in [2.45, 2.75) is 13.3 Å². The van der Waals surface area contributed by atoms with Crippen LogP contribution in [0, 0.1) is 5.82 Å². The third-order valence-corrected chi connectivity index (χ3v) is 2.08. The van der Waals surface area contributed by atoms with Gasteiger partial charge in [-0.1, -0.05) is 6.92 Å². The summed E-state index contributed by atoms with van der Waals surface area (Å²) in [6.45, 7) is 2.43. The van der Waals surface area contributed by atoms with Gasteiger partial charge in [0.05, 0.1) is 6.54 Å². The van der Waals surface area contributed by atoms with Crippen LogP contribution in [0.3, 0.4) is 0 Å². The van der Waals surface area contributed by atoms with Gasteiger partial charge in [-0.3, -0.25) is 4.79 Å². The Labute approximate surface area is 105 Å². The highest BCUT2D eigenvalue weighted by Gasteiger charge is 2.04. The van der Waals surface area contributed by atoms with E-state index >= 15 is 0 Å². The molecule has 0 aliphatic heterocycles. The molecule has 18 heavy (non-hydrogen) atoms. The Balaban J connectivity index is 2.29. The highest BCUT2D eigenvalue weighted by atomic mass is 19.1. The Kier molecular flexibility index (Phi) is 5.63.